The molecular formula is C18H19Cl2N3O4S. The maximum atomic E-state index is 12.6. The highest BCUT2D eigenvalue weighted by atomic mass is 35.5. The first-order chi connectivity index (χ1) is 13.2. The van der Waals surface area contributed by atoms with Crippen molar-refractivity contribution in [2.75, 3.05) is 13.1 Å². The van der Waals surface area contributed by atoms with Crippen LogP contribution in [0.25, 0.3) is 0 Å². The molecule has 0 heterocycles. The highest BCUT2D eigenvalue weighted by Crippen LogP contribution is 2.20. The summed E-state index contributed by atoms with van der Waals surface area (Å²) < 4.78 is 26.5. The van der Waals surface area contributed by atoms with Gasteiger partial charge in [0.15, 0.2) is 0 Å². The predicted octanol–water partition coefficient (Wildman–Crippen LogP) is 3.10. The first-order valence-electron chi connectivity index (χ1n) is 8.36. The third kappa shape index (κ3) is 5.02. The molecule has 0 fully saturated rings. The Bertz CT molecular complexity index is 992. The zero-order valence-corrected chi connectivity index (χ0v) is 17.5. The van der Waals surface area contributed by atoms with Gasteiger partial charge in [-0.25, -0.2) is 8.42 Å². The van der Waals surface area contributed by atoms with Gasteiger partial charge in [-0.3, -0.25) is 20.4 Å². The predicted molar refractivity (Wildman–Crippen MR) is 108 cm³/mol. The molecule has 2 amide bonds. The minimum absolute atomic E-state index is 0.00642. The number of rotatable bonds is 6. The molecule has 2 aromatic rings. The molecule has 0 aromatic heterocycles. The summed E-state index contributed by atoms with van der Waals surface area (Å²) in [6.45, 7) is 4.08. The summed E-state index contributed by atoms with van der Waals surface area (Å²) in [4.78, 5) is 24.5. The lowest BCUT2D eigenvalue weighted by atomic mass is 10.2. The van der Waals surface area contributed by atoms with Gasteiger partial charge in [-0.2, -0.15) is 4.31 Å². The van der Waals surface area contributed by atoms with Crippen LogP contribution in [0.5, 0.6) is 0 Å². The van der Waals surface area contributed by atoms with Crippen molar-refractivity contribution in [1.82, 2.24) is 15.2 Å². The number of benzene rings is 2. The Morgan fingerprint density at radius 2 is 1.61 bits per heavy atom. The Balaban J connectivity index is 2.15. The quantitative estimate of drug-likeness (QED) is 0.670. The summed E-state index contributed by atoms with van der Waals surface area (Å²) in [5, 5.41) is 0.485. The maximum Gasteiger partial charge on any atom is 0.271 e. The number of nitrogens with zero attached hydrogens (tertiary/aromatic N) is 1. The highest BCUT2D eigenvalue weighted by Gasteiger charge is 2.22. The molecule has 0 bridgehead atoms. The van der Waals surface area contributed by atoms with E-state index in [0.717, 1.165) is 0 Å². The number of sulfonamides is 1. The second-order valence-corrected chi connectivity index (χ2v) is 8.43. The Morgan fingerprint density at radius 3 is 2.25 bits per heavy atom. The van der Waals surface area contributed by atoms with Gasteiger partial charge in [0, 0.05) is 23.7 Å². The van der Waals surface area contributed by atoms with Crippen LogP contribution in [0.3, 0.4) is 0 Å². The van der Waals surface area contributed by atoms with E-state index in [4.69, 9.17) is 23.2 Å². The van der Waals surface area contributed by atoms with Gasteiger partial charge >= 0.3 is 0 Å². The monoisotopic (exact) mass is 443 g/mol. The van der Waals surface area contributed by atoms with Gasteiger partial charge in [-0.15, -0.1) is 0 Å². The Hall–Kier alpha value is -2.13. The molecule has 150 valence electrons. The maximum absolute atomic E-state index is 12.6. The van der Waals surface area contributed by atoms with Gasteiger partial charge in [-0.1, -0.05) is 43.1 Å². The number of carbonyl (C=O) groups is 2. The molecule has 0 spiro atoms. The Labute approximate surface area is 173 Å². The third-order valence-corrected chi connectivity index (χ3v) is 6.51. The van der Waals surface area contributed by atoms with E-state index >= 15 is 0 Å². The molecule has 2 rings (SSSR count). The number of carbonyl (C=O) groups excluding carboxylic acids is 2. The highest BCUT2D eigenvalue weighted by molar-refractivity contribution is 7.89. The summed E-state index contributed by atoms with van der Waals surface area (Å²) in [6.07, 6.45) is 0. The van der Waals surface area contributed by atoms with Crippen LogP contribution < -0.4 is 10.9 Å². The van der Waals surface area contributed by atoms with Crippen molar-refractivity contribution in [3.63, 3.8) is 0 Å². The van der Waals surface area contributed by atoms with E-state index in [0.29, 0.717) is 18.1 Å². The van der Waals surface area contributed by atoms with Crippen LogP contribution in [0, 0.1) is 0 Å². The van der Waals surface area contributed by atoms with Gasteiger partial charge in [-0.05, 0) is 36.4 Å². The second-order valence-electron chi connectivity index (χ2n) is 5.65. The summed E-state index contributed by atoms with van der Waals surface area (Å²) in [5.41, 5.74) is 4.62. The SMILES string of the molecule is CCN(CC)S(=O)(=O)c1cccc(C(=O)NNC(=O)c2cc(Cl)ccc2Cl)c1. The molecule has 2 N–H and O–H groups in total. The van der Waals surface area contributed by atoms with Crippen LogP contribution in [0.15, 0.2) is 47.4 Å². The summed E-state index contributed by atoms with van der Waals surface area (Å²) in [5.74, 6) is -1.34. The van der Waals surface area contributed by atoms with E-state index in [1.54, 1.807) is 13.8 Å². The largest absolute Gasteiger partial charge is 0.271 e. The van der Waals surface area contributed by atoms with Crippen molar-refractivity contribution in [1.29, 1.82) is 0 Å². The first-order valence-corrected chi connectivity index (χ1v) is 10.6. The molecule has 0 radical (unpaired) electrons. The average Bonchev–Trinajstić information content (AvgIpc) is 2.68. The molecule has 2 aromatic carbocycles. The number of hydrogen-bond acceptors (Lipinski definition) is 4. The number of hydrogen-bond donors (Lipinski definition) is 2. The topological polar surface area (TPSA) is 95.6 Å². The zero-order valence-electron chi connectivity index (χ0n) is 15.2. The molecule has 0 aliphatic heterocycles. The summed E-state index contributed by atoms with van der Waals surface area (Å²) in [7, 11) is -3.71. The molecule has 0 aliphatic carbocycles. The van der Waals surface area contributed by atoms with Gasteiger partial charge in [0.1, 0.15) is 0 Å². The average molecular weight is 444 g/mol. The van der Waals surface area contributed by atoms with Crippen LogP contribution in [-0.2, 0) is 10.0 Å². The number of amides is 2. The van der Waals surface area contributed by atoms with Crippen LogP contribution in [0.2, 0.25) is 10.0 Å². The lowest BCUT2D eigenvalue weighted by Gasteiger charge is -2.18. The molecule has 7 nitrogen and oxygen atoms in total. The first kappa shape index (κ1) is 22.2. The van der Waals surface area contributed by atoms with Crippen LogP contribution >= 0.6 is 23.2 Å². The fraction of sp³-hybridized carbons (Fsp3) is 0.222. The number of halogens is 2. The van der Waals surface area contributed by atoms with E-state index < -0.39 is 21.8 Å². The van der Waals surface area contributed by atoms with E-state index in [9.17, 15) is 18.0 Å². The molecule has 10 heteroatoms. The normalized spacial score (nSPS) is 11.3. The van der Waals surface area contributed by atoms with Crippen molar-refractivity contribution in [3.8, 4) is 0 Å². The second kappa shape index (κ2) is 9.38. The van der Waals surface area contributed by atoms with Gasteiger partial charge in [0.2, 0.25) is 10.0 Å². The Morgan fingerprint density at radius 1 is 0.964 bits per heavy atom. The molecular weight excluding hydrogens is 425 g/mol. The lowest BCUT2D eigenvalue weighted by molar-refractivity contribution is 0.0846. The minimum Gasteiger partial charge on any atom is -0.267 e. The lowest BCUT2D eigenvalue weighted by Crippen LogP contribution is -2.41. The van der Waals surface area contributed by atoms with Crippen LogP contribution in [0.1, 0.15) is 34.6 Å². The zero-order chi connectivity index (χ0) is 20.9. The van der Waals surface area contributed by atoms with Gasteiger partial charge < -0.3 is 0 Å². The van der Waals surface area contributed by atoms with E-state index in [-0.39, 0.29) is 21.0 Å². The van der Waals surface area contributed by atoms with Crippen molar-refractivity contribution < 1.29 is 18.0 Å². The fourth-order valence-corrected chi connectivity index (χ4v) is 4.31. The van der Waals surface area contributed by atoms with Crippen molar-refractivity contribution in [3.05, 3.63) is 63.6 Å². The van der Waals surface area contributed by atoms with Gasteiger partial charge in [0.05, 0.1) is 15.5 Å². The number of nitrogens with one attached hydrogen (secondary N) is 2. The fourth-order valence-electron chi connectivity index (χ4n) is 2.43. The Kier molecular flexibility index (Phi) is 7.42. The van der Waals surface area contributed by atoms with Crippen molar-refractivity contribution >= 4 is 45.0 Å². The molecule has 0 saturated heterocycles. The molecule has 0 saturated carbocycles. The smallest absolute Gasteiger partial charge is 0.267 e. The molecule has 0 atom stereocenters. The third-order valence-electron chi connectivity index (χ3n) is 3.90. The summed E-state index contributed by atoms with van der Waals surface area (Å²) in [6, 6.07) is 9.91. The van der Waals surface area contributed by atoms with Crippen LogP contribution in [-0.4, -0.2) is 37.6 Å². The van der Waals surface area contributed by atoms with Crippen LogP contribution in [0.4, 0.5) is 0 Å². The van der Waals surface area contributed by atoms with E-state index in [2.05, 4.69) is 10.9 Å². The molecule has 28 heavy (non-hydrogen) atoms. The van der Waals surface area contributed by atoms with E-state index in [1.165, 1.54) is 46.8 Å². The van der Waals surface area contributed by atoms with Gasteiger partial charge in [0.25, 0.3) is 11.8 Å². The van der Waals surface area contributed by atoms with Crippen molar-refractivity contribution in [2.24, 2.45) is 0 Å². The summed E-state index contributed by atoms with van der Waals surface area (Å²) >= 11 is 11.8. The van der Waals surface area contributed by atoms with Crippen molar-refractivity contribution in [2.45, 2.75) is 18.7 Å². The van der Waals surface area contributed by atoms with E-state index in [1.807, 2.05) is 0 Å². The standard InChI is InChI=1S/C18H19Cl2N3O4S/c1-3-23(4-2)28(26,27)14-7-5-6-12(10-14)17(24)21-22-18(25)15-11-13(19)8-9-16(15)20/h5-11H,3-4H2,1-2H3,(H,21,24)(H,22,25). The number of hydrazine groups is 1. The molecule has 0 unspecified atom stereocenters. The minimum atomic E-state index is -3.71. The molecule has 0 aliphatic rings.